The summed E-state index contributed by atoms with van der Waals surface area (Å²) in [5.74, 6) is 0.137. The van der Waals surface area contributed by atoms with Crippen LogP contribution < -0.4 is 4.74 Å². The summed E-state index contributed by atoms with van der Waals surface area (Å²) in [5.41, 5.74) is 0.262. The fourth-order valence-corrected chi connectivity index (χ4v) is 0.846. The summed E-state index contributed by atoms with van der Waals surface area (Å²) in [7, 11) is 1.31. The van der Waals surface area contributed by atoms with Crippen LogP contribution >= 0.6 is 0 Å². The molecular weight excluding hydrogens is 182 g/mol. The van der Waals surface area contributed by atoms with Crippen LogP contribution in [0, 0.1) is 0 Å². The smallest absolute Gasteiger partial charge is 0.356 e. The average Bonchev–Trinajstić information content (AvgIpc) is 2.26. The van der Waals surface area contributed by atoms with E-state index in [2.05, 4.69) is 16.3 Å². The van der Waals surface area contributed by atoms with Gasteiger partial charge in [0.05, 0.1) is 13.3 Å². The molecule has 1 aromatic rings. The second-order valence-corrected chi connectivity index (χ2v) is 2.47. The normalized spacial score (nSPS) is 9.21. The van der Waals surface area contributed by atoms with Crippen molar-refractivity contribution in [3.05, 3.63) is 36.7 Å². The van der Waals surface area contributed by atoms with Gasteiger partial charge in [-0.05, 0) is 12.1 Å². The van der Waals surface area contributed by atoms with Crippen molar-refractivity contribution in [3.8, 4) is 5.75 Å². The molecule has 0 aliphatic carbocycles. The third-order valence-corrected chi connectivity index (χ3v) is 1.50. The molecule has 0 fully saturated rings. The van der Waals surface area contributed by atoms with Gasteiger partial charge < -0.3 is 9.47 Å². The highest BCUT2D eigenvalue weighted by Gasteiger charge is 2.05. The molecule has 0 amide bonds. The van der Waals surface area contributed by atoms with Gasteiger partial charge in [-0.25, -0.2) is 9.78 Å². The SMILES string of the molecule is C=CCOc1ccc(C(=O)OC)nc1. The number of aromatic nitrogens is 1. The summed E-state index contributed by atoms with van der Waals surface area (Å²) in [5, 5.41) is 0. The van der Waals surface area contributed by atoms with Crippen molar-refractivity contribution in [2.75, 3.05) is 13.7 Å². The Labute approximate surface area is 82.2 Å². The summed E-state index contributed by atoms with van der Waals surface area (Å²) in [6.45, 7) is 3.93. The standard InChI is InChI=1S/C10H11NO3/c1-3-6-14-8-4-5-9(11-7-8)10(12)13-2/h3-5,7H,1,6H2,2H3. The number of esters is 1. The maximum atomic E-state index is 11.0. The van der Waals surface area contributed by atoms with Crippen molar-refractivity contribution in [1.29, 1.82) is 0 Å². The van der Waals surface area contributed by atoms with Gasteiger partial charge in [-0.2, -0.15) is 0 Å². The second kappa shape index (κ2) is 5.01. The van der Waals surface area contributed by atoms with Gasteiger partial charge >= 0.3 is 5.97 Å². The lowest BCUT2D eigenvalue weighted by Crippen LogP contribution is -2.04. The molecule has 14 heavy (non-hydrogen) atoms. The maximum Gasteiger partial charge on any atom is 0.356 e. The van der Waals surface area contributed by atoms with Gasteiger partial charge in [-0.15, -0.1) is 0 Å². The minimum Gasteiger partial charge on any atom is -0.488 e. The average molecular weight is 193 g/mol. The van der Waals surface area contributed by atoms with E-state index >= 15 is 0 Å². The van der Waals surface area contributed by atoms with Crippen molar-refractivity contribution in [2.45, 2.75) is 0 Å². The molecule has 0 aliphatic heterocycles. The first kappa shape index (κ1) is 10.2. The molecule has 0 radical (unpaired) electrons. The van der Waals surface area contributed by atoms with Crippen LogP contribution in [0.2, 0.25) is 0 Å². The summed E-state index contributed by atoms with van der Waals surface area (Å²) >= 11 is 0. The Morgan fingerprint density at radius 2 is 2.43 bits per heavy atom. The van der Waals surface area contributed by atoms with E-state index in [1.165, 1.54) is 13.3 Å². The molecular formula is C10H11NO3. The van der Waals surface area contributed by atoms with Crippen LogP contribution in [-0.2, 0) is 4.74 Å². The van der Waals surface area contributed by atoms with Gasteiger partial charge in [0.25, 0.3) is 0 Å². The number of rotatable bonds is 4. The number of hydrogen-bond acceptors (Lipinski definition) is 4. The number of carbonyl (C=O) groups excluding carboxylic acids is 1. The minimum absolute atomic E-state index is 0.262. The molecule has 0 saturated carbocycles. The van der Waals surface area contributed by atoms with Crippen LogP contribution in [0.3, 0.4) is 0 Å². The Hall–Kier alpha value is -1.84. The molecule has 1 rings (SSSR count). The summed E-state index contributed by atoms with van der Waals surface area (Å²) < 4.78 is 9.69. The second-order valence-electron chi connectivity index (χ2n) is 2.47. The van der Waals surface area contributed by atoms with E-state index < -0.39 is 5.97 Å². The molecule has 0 atom stereocenters. The predicted octanol–water partition coefficient (Wildman–Crippen LogP) is 1.43. The largest absolute Gasteiger partial charge is 0.488 e. The monoisotopic (exact) mass is 193 g/mol. The number of carbonyl (C=O) groups is 1. The van der Waals surface area contributed by atoms with Crippen molar-refractivity contribution >= 4 is 5.97 Å². The number of hydrogen-bond donors (Lipinski definition) is 0. The van der Waals surface area contributed by atoms with Crippen molar-refractivity contribution < 1.29 is 14.3 Å². The summed E-state index contributed by atoms with van der Waals surface area (Å²) in [6.07, 6.45) is 3.10. The van der Waals surface area contributed by atoms with Gasteiger partial charge in [-0.1, -0.05) is 12.7 Å². The molecule has 1 aromatic heterocycles. The van der Waals surface area contributed by atoms with E-state index in [0.29, 0.717) is 12.4 Å². The number of methoxy groups -OCH3 is 1. The Bertz CT molecular complexity index is 319. The lowest BCUT2D eigenvalue weighted by Gasteiger charge is -2.02. The van der Waals surface area contributed by atoms with E-state index in [9.17, 15) is 4.79 Å². The summed E-state index contributed by atoms with van der Waals surface area (Å²) in [4.78, 5) is 14.9. The highest BCUT2D eigenvalue weighted by atomic mass is 16.5. The van der Waals surface area contributed by atoms with Crippen LogP contribution in [0.1, 0.15) is 10.5 Å². The lowest BCUT2D eigenvalue weighted by molar-refractivity contribution is 0.0594. The number of nitrogens with zero attached hydrogens (tertiary/aromatic N) is 1. The summed E-state index contributed by atoms with van der Waals surface area (Å²) in [6, 6.07) is 3.20. The Kier molecular flexibility index (Phi) is 3.67. The molecule has 0 spiro atoms. The predicted molar refractivity (Wildman–Crippen MR) is 51.3 cm³/mol. The van der Waals surface area contributed by atoms with Crippen LogP contribution in [0.5, 0.6) is 5.75 Å². The first-order valence-corrected chi connectivity index (χ1v) is 4.06. The molecule has 74 valence electrons. The highest BCUT2D eigenvalue weighted by molar-refractivity contribution is 5.87. The molecule has 0 N–H and O–H groups in total. The fraction of sp³-hybridized carbons (Fsp3) is 0.200. The van der Waals surface area contributed by atoms with E-state index in [4.69, 9.17) is 4.74 Å². The molecule has 0 aliphatic rings. The van der Waals surface area contributed by atoms with Gasteiger partial charge in [0, 0.05) is 0 Å². The Morgan fingerprint density at radius 1 is 1.64 bits per heavy atom. The van der Waals surface area contributed by atoms with Crippen LogP contribution in [0.4, 0.5) is 0 Å². The first-order valence-electron chi connectivity index (χ1n) is 4.06. The van der Waals surface area contributed by atoms with E-state index in [0.717, 1.165) is 0 Å². The first-order chi connectivity index (χ1) is 6.77. The molecule has 0 saturated heterocycles. The van der Waals surface area contributed by atoms with Crippen molar-refractivity contribution in [1.82, 2.24) is 4.98 Å². The topological polar surface area (TPSA) is 48.4 Å². The van der Waals surface area contributed by atoms with Gasteiger partial charge in [0.15, 0.2) is 0 Å². The molecule has 0 unspecified atom stereocenters. The van der Waals surface area contributed by atoms with Crippen molar-refractivity contribution in [2.24, 2.45) is 0 Å². The molecule has 4 heteroatoms. The highest BCUT2D eigenvalue weighted by Crippen LogP contribution is 2.09. The zero-order valence-corrected chi connectivity index (χ0v) is 7.90. The quantitative estimate of drug-likeness (QED) is 0.536. The molecule has 0 aromatic carbocycles. The zero-order valence-electron chi connectivity index (χ0n) is 7.90. The van der Waals surface area contributed by atoms with E-state index in [1.807, 2.05) is 0 Å². The van der Waals surface area contributed by atoms with Gasteiger partial charge in [0.1, 0.15) is 18.1 Å². The molecule has 1 heterocycles. The molecule has 4 nitrogen and oxygen atoms in total. The van der Waals surface area contributed by atoms with E-state index in [1.54, 1.807) is 18.2 Å². The third-order valence-electron chi connectivity index (χ3n) is 1.50. The van der Waals surface area contributed by atoms with Crippen LogP contribution in [0.15, 0.2) is 31.0 Å². The fourth-order valence-electron chi connectivity index (χ4n) is 0.846. The molecule has 0 bridgehead atoms. The van der Waals surface area contributed by atoms with E-state index in [-0.39, 0.29) is 5.69 Å². The van der Waals surface area contributed by atoms with Crippen LogP contribution in [0.25, 0.3) is 0 Å². The number of pyridine rings is 1. The van der Waals surface area contributed by atoms with Crippen LogP contribution in [-0.4, -0.2) is 24.7 Å². The zero-order chi connectivity index (χ0) is 10.4. The lowest BCUT2D eigenvalue weighted by atomic mass is 10.3. The number of ether oxygens (including phenoxy) is 2. The Balaban J connectivity index is 2.68. The van der Waals surface area contributed by atoms with Gasteiger partial charge in [-0.3, -0.25) is 0 Å². The Morgan fingerprint density at radius 3 is 2.93 bits per heavy atom. The third kappa shape index (κ3) is 2.58. The minimum atomic E-state index is -0.458. The maximum absolute atomic E-state index is 11.0. The van der Waals surface area contributed by atoms with Crippen molar-refractivity contribution in [3.63, 3.8) is 0 Å². The van der Waals surface area contributed by atoms with Gasteiger partial charge in [0.2, 0.25) is 0 Å².